The minimum Gasteiger partial charge on any atom is -0.493 e. The van der Waals surface area contributed by atoms with E-state index < -0.39 is 0 Å². The highest BCUT2D eigenvalue weighted by molar-refractivity contribution is 5.80. The smallest absolute Gasteiger partial charge is 0.163 e. The summed E-state index contributed by atoms with van der Waals surface area (Å²) in [6, 6.07) is 3.97. The molecule has 1 aromatic carbocycles. The van der Waals surface area contributed by atoms with Crippen LogP contribution in [0.4, 0.5) is 0 Å². The summed E-state index contributed by atoms with van der Waals surface area (Å²) in [5.41, 5.74) is 2.06. The molecule has 0 saturated carbocycles. The predicted octanol–water partition coefficient (Wildman–Crippen LogP) is 2.47. The van der Waals surface area contributed by atoms with Gasteiger partial charge < -0.3 is 19.4 Å². The van der Waals surface area contributed by atoms with Gasteiger partial charge in [0, 0.05) is 31.6 Å². The third-order valence-electron chi connectivity index (χ3n) is 3.48. The number of imidazole rings is 1. The van der Waals surface area contributed by atoms with E-state index in [2.05, 4.69) is 23.7 Å². The molecule has 5 nitrogen and oxygen atoms in total. The van der Waals surface area contributed by atoms with E-state index in [9.17, 15) is 0 Å². The Morgan fingerprint density at radius 2 is 1.86 bits per heavy atom. The second-order valence-electron chi connectivity index (χ2n) is 5.58. The second-order valence-corrected chi connectivity index (χ2v) is 5.58. The topological polar surface area (TPSA) is 48.3 Å². The summed E-state index contributed by atoms with van der Waals surface area (Å²) < 4.78 is 13.1. The Morgan fingerprint density at radius 1 is 1.19 bits per heavy atom. The fourth-order valence-electron chi connectivity index (χ4n) is 2.50. The van der Waals surface area contributed by atoms with Gasteiger partial charge in [-0.05, 0) is 13.0 Å². The highest BCUT2D eigenvalue weighted by atomic mass is 16.5. The monoisotopic (exact) mass is 291 g/mol. The van der Waals surface area contributed by atoms with Crippen LogP contribution < -0.4 is 14.8 Å². The van der Waals surface area contributed by atoms with Crippen molar-refractivity contribution in [3.63, 3.8) is 0 Å². The van der Waals surface area contributed by atoms with Gasteiger partial charge in [0.1, 0.15) is 5.82 Å². The highest BCUT2D eigenvalue weighted by Crippen LogP contribution is 2.32. The molecule has 2 aromatic rings. The molecular formula is C16H25N3O2. The van der Waals surface area contributed by atoms with Crippen molar-refractivity contribution >= 4 is 11.0 Å². The number of likely N-dealkylation sites (N-methyl/N-ethyl adjacent to an activating group) is 1. The summed E-state index contributed by atoms with van der Waals surface area (Å²) in [4.78, 5) is 4.77. The van der Waals surface area contributed by atoms with Crippen molar-refractivity contribution in [2.75, 3.05) is 27.8 Å². The van der Waals surface area contributed by atoms with Crippen LogP contribution in [-0.4, -0.2) is 37.4 Å². The third-order valence-corrected chi connectivity index (χ3v) is 3.48. The van der Waals surface area contributed by atoms with Crippen molar-refractivity contribution in [1.82, 2.24) is 14.9 Å². The quantitative estimate of drug-likeness (QED) is 0.851. The molecule has 116 valence electrons. The van der Waals surface area contributed by atoms with Gasteiger partial charge in [-0.15, -0.1) is 0 Å². The first-order valence-corrected chi connectivity index (χ1v) is 7.36. The molecule has 0 amide bonds. The number of nitrogens with zero attached hydrogens (tertiary/aromatic N) is 2. The zero-order valence-corrected chi connectivity index (χ0v) is 13.6. The Hall–Kier alpha value is -1.75. The average molecular weight is 291 g/mol. The van der Waals surface area contributed by atoms with Crippen molar-refractivity contribution in [3.05, 3.63) is 18.0 Å². The molecule has 0 atom stereocenters. The van der Waals surface area contributed by atoms with Crippen molar-refractivity contribution in [3.8, 4) is 11.5 Å². The van der Waals surface area contributed by atoms with E-state index >= 15 is 0 Å². The molecule has 2 rings (SSSR count). The Kier molecular flexibility index (Phi) is 5.07. The lowest BCUT2D eigenvalue weighted by atomic mass is 10.2. The Balaban J connectivity index is 2.56. The van der Waals surface area contributed by atoms with E-state index in [1.165, 1.54) is 0 Å². The summed E-state index contributed by atoms with van der Waals surface area (Å²) in [5, 5.41) is 3.18. The van der Waals surface area contributed by atoms with E-state index in [0.717, 1.165) is 47.9 Å². The van der Waals surface area contributed by atoms with Gasteiger partial charge in [0.15, 0.2) is 11.5 Å². The maximum Gasteiger partial charge on any atom is 0.163 e. The molecule has 0 aliphatic carbocycles. The first-order valence-electron chi connectivity index (χ1n) is 7.36. The first kappa shape index (κ1) is 15.6. The molecule has 1 heterocycles. The Morgan fingerprint density at radius 3 is 2.43 bits per heavy atom. The molecule has 0 unspecified atom stereocenters. The fourth-order valence-corrected chi connectivity index (χ4v) is 2.50. The number of hydrogen-bond acceptors (Lipinski definition) is 4. The van der Waals surface area contributed by atoms with Gasteiger partial charge in [0.25, 0.3) is 0 Å². The molecule has 0 bridgehead atoms. The van der Waals surface area contributed by atoms with Gasteiger partial charge in [0.05, 0.1) is 25.3 Å². The van der Waals surface area contributed by atoms with Crippen LogP contribution in [0.15, 0.2) is 12.1 Å². The molecule has 0 aliphatic heterocycles. The number of hydrogen-bond donors (Lipinski definition) is 1. The third kappa shape index (κ3) is 3.29. The van der Waals surface area contributed by atoms with Crippen LogP contribution >= 0.6 is 0 Å². The van der Waals surface area contributed by atoms with Gasteiger partial charge in [-0.3, -0.25) is 0 Å². The van der Waals surface area contributed by atoms with Crippen molar-refractivity contribution in [2.45, 2.75) is 26.8 Å². The number of aromatic nitrogens is 2. The number of nitrogens with one attached hydrogen (secondary N) is 1. The van der Waals surface area contributed by atoms with E-state index in [-0.39, 0.29) is 0 Å². The van der Waals surface area contributed by atoms with Crippen LogP contribution in [0.2, 0.25) is 0 Å². The van der Waals surface area contributed by atoms with E-state index in [1.807, 2.05) is 19.2 Å². The van der Waals surface area contributed by atoms with Crippen LogP contribution in [0.5, 0.6) is 11.5 Å². The van der Waals surface area contributed by atoms with Crippen LogP contribution in [0.3, 0.4) is 0 Å². The summed E-state index contributed by atoms with van der Waals surface area (Å²) in [7, 11) is 5.27. The van der Waals surface area contributed by atoms with Crippen LogP contribution in [-0.2, 0) is 13.0 Å². The second kappa shape index (κ2) is 6.80. The molecule has 0 radical (unpaired) electrons. The lowest BCUT2D eigenvalue weighted by Gasteiger charge is -2.13. The van der Waals surface area contributed by atoms with Gasteiger partial charge in [0.2, 0.25) is 0 Å². The first-order chi connectivity index (χ1) is 10.1. The molecule has 0 spiro atoms. The van der Waals surface area contributed by atoms with Crippen LogP contribution in [0.1, 0.15) is 19.7 Å². The average Bonchev–Trinajstić information content (AvgIpc) is 2.80. The van der Waals surface area contributed by atoms with E-state index in [1.54, 1.807) is 14.2 Å². The number of fused-ring (bicyclic) bond motifs is 1. The molecule has 5 heteroatoms. The molecule has 0 saturated heterocycles. The van der Waals surface area contributed by atoms with Crippen molar-refractivity contribution < 1.29 is 9.47 Å². The zero-order chi connectivity index (χ0) is 15.4. The summed E-state index contributed by atoms with van der Waals surface area (Å²) in [6.45, 7) is 6.30. The molecule has 0 aliphatic rings. The molecule has 1 aromatic heterocycles. The van der Waals surface area contributed by atoms with Gasteiger partial charge in [-0.25, -0.2) is 4.98 Å². The molecular weight excluding hydrogens is 266 g/mol. The lowest BCUT2D eigenvalue weighted by Crippen LogP contribution is -2.15. The maximum atomic E-state index is 5.42. The summed E-state index contributed by atoms with van der Waals surface area (Å²) in [6.07, 6.45) is 0.905. The highest BCUT2D eigenvalue weighted by Gasteiger charge is 2.15. The van der Waals surface area contributed by atoms with Crippen LogP contribution in [0, 0.1) is 5.92 Å². The number of ether oxygens (including phenoxy) is 2. The SMILES string of the molecule is CNCCc1nc2cc(OC)c(OC)cc2n1CC(C)C. The van der Waals surface area contributed by atoms with Gasteiger partial charge in [-0.2, -0.15) is 0 Å². The molecule has 1 N–H and O–H groups in total. The van der Waals surface area contributed by atoms with Gasteiger partial charge >= 0.3 is 0 Å². The van der Waals surface area contributed by atoms with Crippen molar-refractivity contribution in [2.24, 2.45) is 5.92 Å². The maximum absolute atomic E-state index is 5.42. The Bertz CT molecular complexity index is 605. The van der Waals surface area contributed by atoms with E-state index in [0.29, 0.717) is 5.92 Å². The zero-order valence-electron chi connectivity index (χ0n) is 13.6. The number of benzene rings is 1. The van der Waals surface area contributed by atoms with Crippen LogP contribution in [0.25, 0.3) is 11.0 Å². The normalized spacial score (nSPS) is 11.3. The largest absolute Gasteiger partial charge is 0.493 e. The molecule has 21 heavy (non-hydrogen) atoms. The Labute approximate surface area is 126 Å². The predicted molar refractivity (Wildman–Crippen MR) is 85.3 cm³/mol. The van der Waals surface area contributed by atoms with E-state index in [4.69, 9.17) is 14.5 Å². The lowest BCUT2D eigenvalue weighted by molar-refractivity contribution is 0.355. The minimum absolute atomic E-state index is 0.559. The minimum atomic E-state index is 0.559. The molecule has 0 fully saturated rings. The van der Waals surface area contributed by atoms with Gasteiger partial charge in [-0.1, -0.05) is 13.8 Å². The summed E-state index contributed by atoms with van der Waals surface area (Å²) >= 11 is 0. The summed E-state index contributed by atoms with van der Waals surface area (Å²) in [5.74, 6) is 3.13. The number of rotatable bonds is 7. The van der Waals surface area contributed by atoms with Crippen molar-refractivity contribution in [1.29, 1.82) is 0 Å². The fraction of sp³-hybridized carbons (Fsp3) is 0.562. The standard InChI is InChI=1S/C16H25N3O2/c1-11(2)10-19-13-9-15(21-5)14(20-4)8-12(13)18-16(19)6-7-17-3/h8-9,11,17H,6-7,10H2,1-5H3. The number of methoxy groups -OCH3 is 2.